The summed E-state index contributed by atoms with van der Waals surface area (Å²) in [5.41, 5.74) is 2.75. The lowest BCUT2D eigenvalue weighted by atomic mass is 10.1. The summed E-state index contributed by atoms with van der Waals surface area (Å²) in [5, 5.41) is 6.40. The molecular formula is C17H30IN5. The third-order valence-corrected chi connectivity index (χ3v) is 4.33. The number of hydrogen-bond acceptors (Lipinski definition) is 3. The zero-order valence-electron chi connectivity index (χ0n) is 14.5. The van der Waals surface area contributed by atoms with E-state index in [2.05, 4.69) is 56.6 Å². The van der Waals surface area contributed by atoms with Gasteiger partial charge in [0.15, 0.2) is 5.96 Å². The van der Waals surface area contributed by atoms with Crippen molar-refractivity contribution in [3.05, 3.63) is 35.4 Å². The number of guanidine groups is 1. The smallest absolute Gasteiger partial charge is 0.190 e. The standard InChI is InChI=1S/C17H29N5.HI/c1-4-21-9-11-22(12-10-21)14-16-8-6-5-7-15(16)13-20-17(18-2)19-3;/h5-8H,4,9-14H2,1-3H3,(H2,18,19,20);1H. The summed E-state index contributed by atoms with van der Waals surface area (Å²) in [7, 11) is 3.67. The predicted molar refractivity (Wildman–Crippen MR) is 109 cm³/mol. The van der Waals surface area contributed by atoms with E-state index < -0.39 is 0 Å². The Morgan fingerprint density at radius 1 is 1.09 bits per heavy atom. The predicted octanol–water partition coefficient (Wildman–Crippen LogP) is 1.74. The molecule has 0 aliphatic carbocycles. The highest BCUT2D eigenvalue weighted by Crippen LogP contribution is 2.13. The number of hydrogen-bond donors (Lipinski definition) is 2. The van der Waals surface area contributed by atoms with Gasteiger partial charge in [-0.3, -0.25) is 9.89 Å². The van der Waals surface area contributed by atoms with Gasteiger partial charge < -0.3 is 15.5 Å². The van der Waals surface area contributed by atoms with Crippen molar-refractivity contribution in [2.75, 3.05) is 46.8 Å². The van der Waals surface area contributed by atoms with E-state index in [0.29, 0.717) is 0 Å². The van der Waals surface area contributed by atoms with Crippen LogP contribution in [0.4, 0.5) is 0 Å². The van der Waals surface area contributed by atoms with Crippen LogP contribution in [0.3, 0.4) is 0 Å². The molecule has 1 aliphatic rings. The van der Waals surface area contributed by atoms with Gasteiger partial charge in [-0.2, -0.15) is 0 Å². The molecule has 1 aromatic carbocycles. The second-order valence-electron chi connectivity index (χ2n) is 5.65. The van der Waals surface area contributed by atoms with E-state index in [0.717, 1.165) is 38.7 Å². The maximum Gasteiger partial charge on any atom is 0.190 e. The summed E-state index contributed by atoms with van der Waals surface area (Å²) in [6.45, 7) is 9.93. The van der Waals surface area contributed by atoms with Gasteiger partial charge in [-0.25, -0.2) is 0 Å². The third kappa shape index (κ3) is 6.27. The Morgan fingerprint density at radius 2 is 1.70 bits per heavy atom. The molecule has 0 radical (unpaired) electrons. The second kappa shape index (κ2) is 10.8. The normalized spacial score (nSPS) is 16.7. The molecule has 1 aromatic rings. The van der Waals surface area contributed by atoms with Gasteiger partial charge in [0, 0.05) is 53.4 Å². The summed E-state index contributed by atoms with van der Waals surface area (Å²) in [4.78, 5) is 9.23. The molecule has 2 N–H and O–H groups in total. The average Bonchev–Trinajstić information content (AvgIpc) is 2.58. The number of likely N-dealkylation sites (N-methyl/N-ethyl adjacent to an activating group) is 1. The Kier molecular flexibility index (Phi) is 9.50. The number of rotatable bonds is 5. The zero-order chi connectivity index (χ0) is 15.8. The molecule has 0 spiro atoms. The Hall–Kier alpha value is -0.860. The minimum Gasteiger partial charge on any atom is -0.359 e. The third-order valence-electron chi connectivity index (χ3n) is 4.33. The van der Waals surface area contributed by atoms with E-state index in [1.165, 1.54) is 24.2 Å². The van der Waals surface area contributed by atoms with E-state index in [-0.39, 0.29) is 24.0 Å². The van der Waals surface area contributed by atoms with Crippen LogP contribution in [-0.2, 0) is 13.1 Å². The van der Waals surface area contributed by atoms with Crippen LogP contribution >= 0.6 is 24.0 Å². The highest BCUT2D eigenvalue weighted by molar-refractivity contribution is 14.0. The van der Waals surface area contributed by atoms with Gasteiger partial charge in [-0.15, -0.1) is 24.0 Å². The van der Waals surface area contributed by atoms with E-state index in [1.54, 1.807) is 7.05 Å². The summed E-state index contributed by atoms with van der Waals surface area (Å²) in [6.07, 6.45) is 0. The van der Waals surface area contributed by atoms with E-state index >= 15 is 0 Å². The quantitative estimate of drug-likeness (QED) is 0.424. The van der Waals surface area contributed by atoms with Crippen LogP contribution in [0.15, 0.2) is 29.3 Å². The molecule has 0 bridgehead atoms. The molecule has 0 amide bonds. The minimum absolute atomic E-state index is 0. The zero-order valence-corrected chi connectivity index (χ0v) is 16.8. The van der Waals surface area contributed by atoms with Crippen LogP contribution in [0.25, 0.3) is 0 Å². The molecule has 130 valence electrons. The van der Waals surface area contributed by atoms with Gasteiger partial charge in [0.1, 0.15) is 0 Å². The molecule has 0 saturated carbocycles. The van der Waals surface area contributed by atoms with Crippen LogP contribution in [0.5, 0.6) is 0 Å². The van der Waals surface area contributed by atoms with Gasteiger partial charge in [0.25, 0.3) is 0 Å². The molecule has 0 atom stereocenters. The van der Waals surface area contributed by atoms with Crippen LogP contribution in [0.1, 0.15) is 18.1 Å². The minimum atomic E-state index is 0. The van der Waals surface area contributed by atoms with Crippen LogP contribution in [-0.4, -0.2) is 62.6 Å². The van der Waals surface area contributed by atoms with E-state index in [4.69, 9.17) is 0 Å². The number of piperazine rings is 1. The lowest BCUT2D eigenvalue weighted by Crippen LogP contribution is -2.45. The number of nitrogens with one attached hydrogen (secondary N) is 2. The number of nitrogens with zero attached hydrogens (tertiary/aromatic N) is 3. The van der Waals surface area contributed by atoms with Gasteiger partial charge in [0.2, 0.25) is 0 Å². The summed E-state index contributed by atoms with van der Waals surface area (Å²) in [6, 6.07) is 8.69. The maximum atomic E-state index is 4.16. The van der Waals surface area contributed by atoms with Crippen molar-refractivity contribution < 1.29 is 0 Å². The molecule has 5 nitrogen and oxygen atoms in total. The first-order chi connectivity index (χ1) is 10.8. The monoisotopic (exact) mass is 431 g/mol. The Bertz CT molecular complexity index is 484. The van der Waals surface area contributed by atoms with Gasteiger partial charge >= 0.3 is 0 Å². The number of benzene rings is 1. The first-order valence-electron chi connectivity index (χ1n) is 8.16. The van der Waals surface area contributed by atoms with Crippen molar-refractivity contribution in [2.45, 2.75) is 20.0 Å². The highest BCUT2D eigenvalue weighted by Gasteiger charge is 2.16. The molecule has 1 fully saturated rings. The van der Waals surface area contributed by atoms with Crippen molar-refractivity contribution >= 4 is 29.9 Å². The molecule has 1 saturated heterocycles. The summed E-state index contributed by atoms with van der Waals surface area (Å²) < 4.78 is 0. The van der Waals surface area contributed by atoms with Gasteiger partial charge in [-0.1, -0.05) is 31.2 Å². The average molecular weight is 431 g/mol. The van der Waals surface area contributed by atoms with Crippen LogP contribution < -0.4 is 10.6 Å². The fourth-order valence-electron chi connectivity index (χ4n) is 2.85. The van der Waals surface area contributed by atoms with E-state index in [9.17, 15) is 0 Å². The summed E-state index contributed by atoms with van der Waals surface area (Å²) >= 11 is 0. The SMILES string of the molecule is CCN1CCN(Cc2ccccc2CNC(=NC)NC)CC1.I. The fraction of sp³-hybridized carbons (Fsp3) is 0.588. The molecule has 0 aromatic heterocycles. The van der Waals surface area contributed by atoms with Crippen molar-refractivity contribution in [2.24, 2.45) is 4.99 Å². The molecule has 1 heterocycles. The molecule has 0 unspecified atom stereocenters. The first kappa shape index (κ1) is 20.2. The largest absolute Gasteiger partial charge is 0.359 e. The van der Waals surface area contributed by atoms with Crippen molar-refractivity contribution in [3.8, 4) is 0 Å². The molecule has 6 heteroatoms. The van der Waals surface area contributed by atoms with E-state index in [1.807, 2.05) is 7.05 Å². The Balaban J connectivity index is 0.00000264. The fourth-order valence-corrected chi connectivity index (χ4v) is 2.85. The lowest BCUT2D eigenvalue weighted by Gasteiger charge is -2.34. The Morgan fingerprint density at radius 3 is 2.26 bits per heavy atom. The molecular weight excluding hydrogens is 401 g/mol. The first-order valence-corrected chi connectivity index (χ1v) is 8.16. The molecule has 23 heavy (non-hydrogen) atoms. The van der Waals surface area contributed by atoms with Crippen molar-refractivity contribution in [1.82, 2.24) is 20.4 Å². The topological polar surface area (TPSA) is 42.9 Å². The summed E-state index contributed by atoms with van der Waals surface area (Å²) in [5.74, 6) is 0.825. The van der Waals surface area contributed by atoms with Gasteiger partial charge in [0.05, 0.1) is 0 Å². The van der Waals surface area contributed by atoms with Crippen LogP contribution in [0.2, 0.25) is 0 Å². The van der Waals surface area contributed by atoms with Crippen molar-refractivity contribution in [3.63, 3.8) is 0 Å². The van der Waals surface area contributed by atoms with Crippen LogP contribution in [0, 0.1) is 0 Å². The number of aliphatic imine (C=N–C) groups is 1. The van der Waals surface area contributed by atoms with Crippen molar-refractivity contribution in [1.29, 1.82) is 0 Å². The van der Waals surface area contributed by atoms with Gasteiger partial charge in [-0.05, 0) is 17.7 Å². The highest BCUT2D eigenvalue weighted by atomic mass is 127. The maximum absolute atomic E-state index is 4.16. The second-order valence-corrected chi connectivity index (χ2v) is 5.65. The Labute approximate surface area is 157 Å². The molecule has 2 rings (SSSR count). The number of halogens is 1. The molecule has 1 aliphatic heterocycles. The lowest BCUT2D eigenvalue weighted by molar-refractivity contribution is 0.131.